The van der Waals surface area contributed by atoms with Crippen LogP contribution in [0.1, 0.15) is 44.0 Å². The van der Waals surface area contributed by atoms with Gasteiger partial charge in [-0.25, -0.2) is 4.68 Å². The quantitative estimate of drug-likeness (QED) is 0.149. The first kappa shape index (κ1) is 29.3. The lowest BCUT2D eigenvalue weighted by Gasteiger charge is -2.11. The predicted octanol–water partition coefficient (Wildman–Crippen LogP) is 6.43. The molecule has 0 spiro atoms. The molecule has 0 atom stereocenters. The number of halogens is 4. The van der Waals surface area contributed by atoms with Crippen molar-refractivity contribution in [1.82, 2.24) is 20.1 Å². The molecule has 2 N–H and O–H groups in total. The van der Waals surface area contributed by atoms with Crippen molar-refractivity contribution in [2.45, 2.75) is 12.6 Å². The van der Waals surface area contributed by atoms with Gasteiger partial charge >= 0.3 is 6.18 Å². The van der Waals surface area contributed by atoms with Gasteiger partial charge in [0.1, 0.15) is 17.5 Å². The van der Waals surface area contributed by atoms with Gasteiger partial charge in [-0.05, 0) is 67.1 Å². The molecule has 0 aliphatic rings. The third kappa shape index (κ3) is 6.50. The van der Waals surface area contributed by atoms with Crippen molar-refractivity contribution in [1.29, 1.82) is 5.26 Å². The molecular formula is C31H22ClF3N6O2. The minimum Gasteiger partial charge on any atom is -0.369 e. The molecule has 216 valence electrons. The third-order valence-corrected chi connectivity index (χ3v) is 6.81. The van der Waals surface area contributed by atoms with Crippen LogP contribution in [-0.4, -0.2) is 39.5 Å². The van der Waals surface area contributed by atoms with E-state index in [1.54, 1.807) is 54.7 Å². The molecule has 0 aliphatic carbocycles. The van der Waals surface area contributed by atoms with Gasteiger partial charge in [0, 0.05) is 40.8 Å². The molecular weight excluding hydrogens is 581 g/mol. The van der Waals surface area contributed by atoms with Crippen LogP contribution in [0.4, 0.5) is 19.0 Å². The lowest BCUT2D eigenvalue weighted by molar-refractivity contribution is -0.137. The van der Waals surface area contributed by atoms with E-state index in [0.717, 1.165) is 35.2 Å². The number of anilines is 1. The molecule has 2 aromatic heterocycles. The van der Waals surface area contributed by atoms with E-state index in [1.165, 1.54) is 4.68 Å². The number of carbonyl (C=O) groups is 2. The van der Waals surface area contributed by atoms with Gasteiger partial charge in [0.15, 0.2) is 5.69 Å². The number of pyridine rings is 1. The number of nitrogens with one attached hydrogen (secondary N) is 2. The number of carbonyl (C=O) groups excluding carboxylic acids is 2. The first-order chi connectivity index (χ1) is 20.7. The van der Waals surface area contributed by atoms with E-state index in [1.807, 2.05) is 12.1 Å². The maximum Gasteiger partial charge on any atom is 0.416 e. The van der Waals surface area contributed by atoms with Crippen molar-refractivity contribution in [3.8, 4) is 11.8 Å². The van der Waals surface area contributed by atoms with E-state index in [0.29, 0.717) is 35.8 Å². The Hall–Kier alpha value is -5.21. The van der Waals surface area contributed by atoms with Crippen molar-refractivity contribution < 1.29 is 22.8 Å². The number of ketones is 1. The van der Waals surface area contributed by atoms with E-state index < -0.39 is 17.5 Å². The molecule has 0 bridgehead atoms. The standard InChI is InChI=1S/C31H22ClF3N6O2/c32-23-9-11-24(12-10-23)41-29(25(18-36)27(40-41)28(42)19-4-7-22(8-5-19)31(33,34)35)38-15-2-16-39-30(43)21-6-13-26-20(17-21)3-1-14-37-26/h1,3-14,17,38H,2,15-16H2,(H,39,43). The fourth-order valence-corrected chi connectivity index (χ4v) is 4.50. The maximum atomic E-state index is 13.3. The lowest BCUT2D eigenvalue weighted by atomic mass is 10.0. The Morgan fingerprint density at radius 3 is 2.37 bits per heavy atom. The Morgan fingerprint density at radius 1 is 0.953 bits per heavy atom. The summed E-state index contributed by atoms with van der Waals surface area (Å²) in [6, 6.07) is 21.1. The summed E-state index contributed by atoms with van der Waals surface area (Å²) in [5.41, 5.74) is 0.520. The zero-order valence-corrected chi connectivity index (χ0v) is 23.1. The van der Waals surface area contributed by atoms with Crippen molar-refractivity contribution in [2.24, 2.45) is 0 Å². The van der Waals surface area contributed by atoms with Crippen LogP contribution in [-0.2, 0) is 6.18 Å². The molecule has 5 aromatic rings. The molecule has 1 amide bonds. The van der Waals surface area contributed by atoms with Crippen LogP contribution in [0.25, 0.3) is 16.6 Å². The van der Waals surface area contributed by atoms with E-state index in [2.05, 4.69) is 20.7 Å². The van der Waals surface area contributed by atoms with E-state index in [4.69, 9.17) is 11.6 Å². The second-order valence-corrected chi connectivity index (χ2v) is 9.86. The highest BCUT2D eigenvalue weighted by molar-refractivity contribution is 6.30. The van der Waals surface area contributed by atoms with Crippen molar-refractivity contribution in [2.75, 3.05) is 18.4 Å². The molecule has 5 rings (SSSR count). The molecule has 8 nitrogen and oxygen atoms in total. The van der Waals surface area contributed by atoms with Gasteiger partial charge < -0.3 is 10.6 Å². The summed E-state index contributed by atoms with van der Waals surface area (Å²) in [5.74, 6) is -0.744. The number of rotatable bonds is 9. The summed E-state index contributed by atoms with van der Waals surface area (Å²) in [7, 11) is 0. The number of nitrogens with zero attached hydrogens (tertiary/aromatic N) is 4. The number of nitriles is 1. The predicted molar refractivity (Wildman–Crippen MR) is 155 cm³/mol. The zero-order valence-electron chi connectivity index (χ0n) is 22.3. The highest BCUT2D eigenvalue weighted by Gasteiger charge is 2.31. The van der Waals surface area contributed by atoms with Crippen molar-refractivity contribution in [3.63, 3.8) is 0 Å². The molecule has 12 heteroatoms. The van der Waals surface area contributed by atoms with Crippen LogP contribution in [0.3, 0.4) is 0 Å². The molecule has 0 saturated carbocycles. The lowest BCUT2D eigenvalue weighted by Crippen LogP contribution is -2.26. The van der Waals surface area contributed by atoms with Crippen LogP contribution in [0.5, 0.6) is 0 Å². The van der Waals surface area contributed by atoms with Crippen LogP contribution in [0, 0.1) is 11.3 Å². The SMILES string of the molecule is N#Cc1c(C(=O)c2ccc(C(F)(F)F)cc2)nn(-c2ccc(Cl)cc2)c1NCCCNC(=O)c1ccc2ncccc2c1. The average molecular weight is 603 g/mol. The number of benzene rings is 3. The summed E-state index contributed by atoms with van der Waals surface area (Å²) in [6.45, 7) is 0.606. The number of fused-ring (bicyclic) bond motifs is 1. The Bertz CT molecular complexity index is 1850. The number of amides is 1. The Kier molecular flexibility index (Phi) is 8.41. The second-order valence-electron chi connectivity index (χ2n) is 9.42. The third-order valence-electron chi connectivity index (χ3n) is 6.55. The van der Waals surface area contributed by atoms with Gasteiger partial charge in [0.2, 0.25) is 5.78 Å². The fourth-order valence-electron chi connectivity index (χ4n) is 4.38. The normalized spacial score (nSPS) is 11.2. The van der Waals surface area contributed by atoms with Gasteiger partial charge in [-0.15, -0.1) is 0 Å². The first-order valence-electron chi connectivity index (χ1n) is 13.0. The summed E-state index contributed by atoms with van der Waals surface area (Å²) < 4.78 is 40.4. The number of aromatic nitrogens is 3. The van der Waals surface area contributed by atoms with E-state index in [-0.39, 0.29) is 28.5 Å². The Morgan fingerprint density at radius 2 is 1.67 bits per heavy atom. The first-order valence-corrected chi connectivity index (χ1v) is 13.4. The molecule has 0 radical (unpaired) electrons. The van der Waals surface area contributed by atoms with Gasteiger partial charge in [-0.2, -0.15) is 23.5 Å². The molecule has 43 heavy (non-hydrogen) atoms. The highest BCUT2D eigenvalue weighted by Crippen LogP contribution is 2.30. The minimum absolute atomic E-state index is 0.0519. The Labute approximate surface area is 248 Å². The number of hydrogen-bond donors (Lipinski definition) is 2. The van der Waals surface area contributed by atoms with Crippen LogP contribution < -0.4 is 10.6 Å². The number of alkyl halides is 3. The van der Waals surface area contributed by atoms with Crippen molar-refractivity contribution >= 4 is 40.0 Å². The van der Waals surface area contributed by atoms with Crippen molar-refractivity contribution in [3.05, 3.63) is 118 Å². The fraction of sp³-hybridized carbons (Fsp3) is 0.129. The van der Waals surface area contributed by atoms with E-state index in [9.17, 15) is 28.0 Å². The van der Waals surface area contributed by atoms with Gasteiger partial charge in [0.25, 0.3) is 5.91 Å². The molecule has 0 fully saturated rings. The summed E-state index contributed by atoms with van der Waals surface area (Å²) in [5, 5.41) is 21.7. The Balaban J connectivity index is 1.33. The largest absolute Gasteiger partial charge is 0.416 e. The minimum atomic E-state index is -4.56. The second kappa shape index (κ2) is 12.3. The molecule has 0 aliphatic heterocycles. The topological polar surface area (TPSA) is 113 Å². The molecule has 3 aromatic carbocycles. The average Bonchev–Trinajstić information content (AvgIpc) is 3.38. The summed E-state index contributed by atoms with van der Waals surface area (Å²) in [4.78, 5) is 30.2. The molecule has 0 unspecified atom stereocenters. The van der Waals surface area contributed by atoms with Crippen LogP contribution in [0.15, 0.2) is 85.1 Å². The monoisotopic (exact) mass is 602 g/mol. The maximum absolute atomic E-state index is 13.3. The molecule has 0 saturated heterocycles. The summed E-state index contributed by atoms with van der Waals surface area (Å²) >= 11 is 6.03. The highest BCUT2D eigenvalue weighted by atomic mass is 35.5. The van der Waals surface area contributed by atoms with Crippen LogP contribution in [0.2, 0.25) is 5.02 Å². The van der Waals surface area contributed by atoms with E-state index >= 15 is 0 Å². The van der Waals surface area contributed by atoms with Crippen LogP contribution >= 0.6 is 11.6 Å². The zero-order chi connectivity index (χ0) is 30.6. The van der Waals surface area contributed by atoms with Gasteiger partial charge in [-0.3, -0.25) is 14.6 Å². The van der Waals surface area contributed by atoms with Gasteiger partial charge in [-0.1, -0.05) is 29.8 Å². The van der Waals surface area contributed by atoms with Gasteiger partial charge in [0.05, 0.1) is 16.8 Å². The smallest absolute Gasteiger partial charge is 0.369 e. The molecule has 2 heterocycles. The number of hydrogen-bond acceptors (Lipinski definition) is 6. The summed E-state index contributed by atoms with van der Waals surface area (Å²) in [6.07, 6.45) is -2.42.